The highest BCUT2D eigenvalue weighted by molar-refractivity contribution is 5.94. The number of benzene rings is 1. The molecule has 0 bridgehead atoms. The highest BCUT2D eigenvalue weighted by Gasteiger charge is 2.29. The average molecular weight is 382 g/mol. The molecule has 0 atom stereocenters. The number of aliphatic carboxylic acids is 1. The largest absolute Gasteiger partial charge is 0.480 e. The van der Waals surface area contributed by atoms with Gasteiger partial charge in [-0.05, 0) is 18.1 Å². The van der Waals surface area contributed by atoms with Crippen molar-refractivity contribution in [1.29, 1.82) is 0 Å². The Balaban J connectivity index is 2.10. The number of carbonyl (C=O) groups excluding carboxylic acids is 1. The number of halogens is 3. The maximum atomic E-state index is 12.6. The van der Waals surface area contributed by atoms with Gasteiger partial charge in [-0.2, -0.15) is 13.2 Å². The number of alkyl halides is 3. The summed E-state index contributed by atoms with van der Waals surface area (Å²) in [6.07, 6.45) is -4.11. The Bertz CT molecular complexity index is 782. The van der Waals surface area contributed by atoms with E-state index < -0.39 is 31.2 Å². The molecule has 0 saturated carbocycles. The minimum Gasteiger partial charge on any atom is -0.480 e. The van der Waals surface area contributed by atoms with Crippen LogP contribution in [0.3, 0.4) is 0 Å². The first kappa shape index (κ1) is 20.2. The maximum Gasteiger partial charge on any atom is 0.422 e. The summed E-state index contributed by atoms with van der Waals surface area (Å²) in [6, 6.07) is 13.0. The molecular formula is C18H17F3N2O4. The van der Waals surface area contributed by atoms with Gasteiger partial charge >= 0.3 is 12.1 Å². The van der Waals surface area contributed by atoms with Crippen LogP contribution in [-0.2, 0) is 11.2 Å². The van der Waals surface area contributed by atoms with Crippen molar-refractivity contribution in [3.63, 3.8) is 0 Å². The van der Waals surface area contributed by atoms with E-state index in [4.69, 9.17) is 5.11 Å². The zero-order valence-corrected chi connectivity index (χ0v) is 14.1. The second-order valence-electron chi connectivity index (χ2n) is 5.62. The molecule has 0 saturated heterocycles. The number of hydrogen-bond acceptors (Lipinski definition) is 4. The van der Waals surface area contributed by atoms with Crippen LogP contribution in [0.25, 0.3) is 0 Å². The van der Waals surface area contributed by atoms with Crippen molar-refractivity contribution in [3.05, 3.63) is 59.8 Å². The third kappa shape index (κ3) is 6.96. The monoisotopic (exact) mass is 382 g/mol. The van der Waals surface area contributed by atoms with Crippen molar-refractivity contribution in [2.24, 2.45) is 0 Å². The number of nitrogens with zero attached hydrogens (tertiary/aromatic N) is 2. The molecule has 0 aliphatic rings. The molecule has 1 N–H and O–H groups in total. The number of hydrogen-bond donors (Lipinski definition) is 1. The molecule has 0 aliphatic heterocycles. The van der Waals surface area contributed by atoms with Gasteiger partial charge in [-0.15, -0.1) is 0 Å². The molecule has 144 valence electrons. The van der Waals surface area contributed by atoms with E-state index in [1.54, 1.807) is 0 Å². The molecule has 0 aliphatic carbocycles. The quantitative estimate of drug-likeness (QED) is 0.760. The third-order valence-electron chi connectivity index (χ3n) is 3.45. The molecule has 6 nitrogen and oxygen atoms in total. The Hall–Kier alpha value is -3.10. The number of rotatable bonds is 8. The van der Waals surface area contributed by atoms with Crippen molar-refractivity contribution >= 4 is 11.9 Å². The van der Waals surface area contributed by atoms with E-state index in [9.17, 15) is 22.8 Å². The summed E-state index contributed by atoms with van der Waals surface area (Å²) in [4.78, 5) is 28.5. The first-order valence-electron chi connectivity index (χ1n) is 7.96. The molecule has 1 aromatic carbocycles. The summed E-state index contributed by atoms with van der Waals surface area (Å²) in [5.74, 6) is -2.27. The number of pyridine rings is 1. The van der Waals surface area contributed by atoms with Crippen LogP contribution >= 0.6 is 0 Å². The molecule has 0 radical (unpaired) electrons. The van der Waals surface area contributed by atoms with Crippen LogP contribution in [0.1, 0.15) is 16.1 Å². The van der Waals surface area contributed by atoms with Gasteiger partial charge in [-0.1, -0.05) is 36.4 Å². The molecular weight excluding hydrogens is 365 g/mol. The maximum absolute atomic E-state index is 12.6. The zero-order valence-electron chi connectivity index (χ0n) is 14.1. The van der Waals surface area contributed by atoms with Crippen LogP contribution in [-0.4, -0.2) is 52.7 Å². The van der Waals surface area contributed by atoms with Gasteiger partial charge in [0.2, 0.25) is 5.88 Å². The lowest BCUT2D eigenvalue weighted by molar-refractivity contribution is -0.154. The Kier molecular flexibility index (Phi) is 6.75. The standard InChI is InChI=1S/C18H17F3N2O4/c19-18(20,21)12-27-15-8-4-7-14(22-15)17(26)23(11-16(24)25)10-9-13-5-2-1-3-6-13/h1-8H,9-12H2,(H,24,25). The van der Waals surface area contributed by atoms with Crippen LogP contribution in [0.15, 0.2) is 48.5 Å². The molecule has 2 aromatic rings. The molecule has 9 heteroatoms. The summed E-state index contributed by atoms with van der Waals surface area (Å²) < 4.78 is 41.2. The minimum atomic E-state index is -4.53. The minimum absolute atomic E-state index is 0.116. The predicted octanol–water partition coefficient (Wildman–Crippen LogP) is 2.79. The van der Waals surface area contributed by atoms with Crippen LogP contribution < -0.4 is 4.74 Å². The fourth-order valence-electron chi connectivity index (χ4n) is 2.26. The summed E-state index contributed by atoms with van der Waals surface area (Å²) in [5, 5.41) is 9.04. The van der Waals surface area contributed by atoms with E-state index in [-0.39, 0.29) is 18.1 Å². The van der Waals surface area contributed by atoms with E-state index >= 15 is 0 Å². The summed E-state index contributed by atoms with van der Waals surface area (Å²) in [5.41, 5.74) is 0.722. The highest BCUT2D eigenvalue weighted by atomic mass is 19.4. The molecule has 2 rings (SSSR count). The normalized spacial score (nSPS) is 11.1. The lowest BCUT2D eigenvalue weighted by Gasteiger charge is -2.20. The summed E-state index contributed by atoms with van der Waals surface area (Å²) in [7, 11) is 0. The van der Waals surface area contributed by atoms with Gasteiger partial charge in [0.05, 0.1) is 0 Å². The van der Waals surface area contributed by atoms with E-state index in [0.29, 0.717) is 6.42 Å². The molecule has 1 aromatic heterocycles. The number of carboxylic acids is 1. The number of aromatic nitrogens is 1. The number of carboxylic acid groups (broad SMARTS) is 1. The number of amides is 1. The second-order valence-corrected chi connectivity index (χ2v) is 5.62. The van der Waals surface area contributed by atoms with Gasteiger partial charge in [0.1, 0.15) is 12.2 Å². The molecule has 0 spiro atoms. The van der Waals surface area contributed by atoms with Gasteiger partial charge in [0.25, 0.3) is 5.91 Å². The topological polar surface area (TPSA) is 79.7 Å². The van der Waals surface area contributed by atoms with Crippen LogP contribution in [0.2, 0.25) is 0 Å². The van der Waals surface area contributed by atoms with Crippen molar-refractivity contribution in [2.75, 3.05) is 19.7 Å². The predicted molar refractivity (Wildman–Crippen MR) is 89.5 cm³/mol. The van der Waals surface area contributed by atoms with Crippen molar-refractivity contribution in [3.8, 4) is 5.88 Å². The molecule has 1 amide bonds. The lowest BCUT2D eigenvalue weighted by Crippen LogP contribution is -2.37. The van der Waals surface area contributed by atoms with Gasteiger partial charge in [0, 0.05) is 12.6 Å². The SMILES string of the molecule is O=C(O)CN(CCc1ccccc1)C(=O)c1cccc(OCC(F)(F)F)n1. The number of carbonyl (C=O) groups is 2. The fourth-order valence-corrected chi connectivity index (χ4v) is 2.26. The highest BCUT2D eigenvalue weighted by Crippen LogP contribution is 2.17. The van der Waals surface area contributed by atoms with Gasteiger partial charge < -0.3 is 14.7 Å². The van der Waals surface area contributed by atoms with Crippen LogP contribution in [0.4, 0.5) is 13.2 Å². The van der Waals surface area contributed by atoms with E-state index in [1.165, 1.54) is 18.2 Å². The molecule has 0 fully saturated rings. The van der Waals surface area contributed by atoms with Crippen molar-refractivity contribution in [1.82, 2.24) is 9.88 Å². The smallest absolute Gasteiger partial charge is 0.422 e. The fraction of sp³-hybridized carbons (Fsp3) is 0.278. The van der Waals surface area contributed by atoms with Crippen molar-refractivity contribution in [2.45, 2.75) is 12.6 Å². The first-order valence-corrected chi connectivity index (χ1v) is 7.96. The number of ether oxygens (including phenoxy) is 1. The molecule has 27 heavy (non-hydrogen) atoms. The van der Waals surface area contributed by atoms with Crippen LogP contribution in [0.5, 0.6) is 5.88 Å². The zero-order chi connectivity index (χ0) is 19.9. The Labute approximate surface area is 153 Å². The summed E-state index contributed by atoms with van der Waals surface area (Å²) in [6.45, 7) is -1.98. The van der Waals surface area contributed by atoms with Gasteiger partial charge in [-0.25, -0.2) is 4.98 Å². The molecule has 1 heterocycles. The average Bonchev–Trinajstić information content (AvgIpc) is 2.63. The van der Waals surface area contributed by atoms with E-state index in [2.05, 4.69) is 9.72 Å². The Morgan fingerprint density at radius 2 is 1.78 bits per heavy atom. The molecule has 0 unspecified atom stereocenters. The van der Waals surface area contributed by atoms with E-state index in [1.807, 2.05) is 30.3 Å². The first-order chi connectivity index (χ1) is 12.7. The third-order valence-corrected chi connectivity index (χ3v) is 3.45. The summed E-state index contributed by atoms with van der Waals surface area (Å²) >= 11 is 0. The Morgan fingerprint density at radius 1 is 1.07 bits per heavy atom. The van der Waals surface area contributed by atoms with Crippen LogP contribution in [0, 0.1) is 0 Å². The van der Waals surface area contributed by atoms with Gasteiger partial charge in [-0.3, -0.25) is 9.59 Å². The second kappa shape index (κ2) is 9.02. The van der Waals surface area contributed by atoms with E-state index in [0.717, 1.165) is 10.5 Å². The van der Waals surface area contributed by atoms with Crippen molar-refractivity contribution < 1.29 is 32.6 Å². The lowest BCUT2D eigenvalue weighted by atomic mass is 10.1. The van der Waals surface area contributed by atoms with Gasteiger partial charge in [0.15, 0.2) is 6.61 Å². The Morgan fingerprint density at radius 3 is 2.41 bits per heavy atom.